The van der Waals surface area contributed by atoms with Crippen LogP contribution in [0.15, 0.2) is 29.8 Å². The molecule has 20 heavy (non-hydrogen) atoms. The summed E-state index contributed by atoms with van der Waals surface area (Å²) < 4.78 is 0. The topological polar surface area (TPSA) is 69.6 Å². The summed E-state index contributed by atoms with van der Waals surface area (Å²) in [5.41, 5.74) is 1.57. The van der Waals surface area contributed by atoms with Crippen molar-refractivity contribution in [2.45, 2.75) is 13.3 Å². The molecule has 0 radical (unpaired) electrons. The zero-order chi connectivity index (χ0) is 14.7. The number of rotatable bonds is 2. The Morgan fingerprint density at radius 1 is 1.35 bits per heavy atom. The van der Waals surface area contributed by atoms with Gasteiger partial charge in [-0.3, -0.25) is 0 Å². The van der Waals surface area contributed by atoms with Gasteiger partial charge in [0.1, 0.15) is 0 Å². The number of anilines is 1. The van der Waals surface area contributed by atoms with Crippen LogP contribution in [0.5, 0.6) is 0 Å². The lowest BCUT2D eigenvalue weighted by atomic mass is 10.1. The minimum absolute atomic E-state index is 0.0440. The summed E-state index contributed by atoms with van der Waals surface area (Å²) in [5, 5.41) is 11.9. The molecule has 0 spiro atoms. The highest BCUT2D eigenvalue weighted by molar-refractivity contribution is 6.31. The zero-order valence-corrected chi connectivity index (χ0v) is 11.8. The van der Waals surface area contributed by atoms with Crippen LogP contribution in [0.4, 0.5) is 10.5 Å². The smallest absolute Gasteiger partial charge is 0.335 e. The normalized spacial score (nSPS) is 14.7. The van der Waals surface area contributed by atoms with Gasteiger partial charge in [-0.05, 0) is 31.5 Å². The molecule has 5 nitrogen and oxygen atoms in total. The molecule has 0 atom stereocenters. The first-order chi connectivity index (χ1) is 9.45. The lowest BCUT2D eigenvalue weighted by Gasteiger charge is -2.26. The molecule has 1 aromatic carbocycles. The predicted octanol–water partition coefficient (Wildman–Crippen LogP) is 3.22. The van der Waals surface area contributed by atoms with Crippen LogP contribution in [0.25, 0.3) is 0 Å². The van der Waals surface area contributed by atoms with Crippen molar-refractivity contribution in [2.75, 3.05) is 18.4 Å². The van der Waals surface area contributed by atoms with E-state index in [1.165, 1.54) is 18.2 Å². The Kier molecular flexibility index (Phi) is 4.29. The number of carbonyl (C=O) groups is 2. The molecule has 1 aliphatic heterocycles. The van der Waals surface area contributed by atoms with Gasteiger partial charge in [0.25, 0.3) is 0 Å². The largest absolute Gasteiger partial charge is 0.478 e. The average molecular weight is 295 g/mol. The molecule has 6 heteroatoms. The number of carbonyl (C=O) groups excluding carboxylic acids is 1. The van der Waals surface area contributed by atoms with Crippen molar-refractivity contribution in [3.63, 3.8) is 0 Å². The van der Waals surface area contributed by atoms with Gasteiger partial charge >= 0.3 is 12.0 Å². The molecule has 0 aliphatic carbocycles. The molecule has 1 heterocycles. The van der Waals surface area contributed by atoms with Crippen molar-refractivity contribution in [2.24, 2.45) is 0 Å². The summed E-state index contributed by atoms with van der Waals surface area (Å²) in [6, 6.07) is 4.00. The molecule has 0 saturated carbocycles. The number of carboxylic acids is 1. The number of halogens is 1. The minimum atomic E-state index is -1.08. The highest BCUT2D eigenvalue weighted by Crippen LogP contribution is 2.20. The Labute approximate surface area is 121 Å². The Hall–Kier alpha value is -2.01. The van der Waals surface area contributed by atoms with E-state index in [1.54, 1.807) is 4.90 Å². The van der Waals surface area contributed by atoms with Crippen molar-refractivity contribution in [1.82, 2.24) is 4.90 Å². The number of hydrogen-bond acceptors (Lipinski definition) is 2. The number of amides is 2. The van der Waals surface area contributed by atoms with Gasteiger partial charge in [-0.25, -0.2) is 9.59 Å². The Morgan fingerprint density at radius 2 is 2.10 bits per heavy atom. The van der Waals surface area contributed by atoms with Crippen molar-refractivity contribution in [1.29, 1.82) is 0 Å². The number of hydrogen-bond donors (Lipinski definition) is 2. The summed E-state index contributed by atoms with van der Waals surface area (Å²) in [6.07, 6.45) is 2.93. The quantitative estimate of drug-likeness (QED) is 0.823. The molecule has 0 bridgehead atoms. The van der Waals surface area contributed by atoms with Gasteiger partial charge in [0, 0.05) is 23.8 Å². The van der Waals surface area contributed by atoms with Crippen molar-refractivity contribution < 1.29 is 14.7 Å². The third-order valence-electron chi connectivity index (χ3n) is 3.02. The van der Waals surface area contributed by atoms with E-state index in [2.05, 4.69) is 11.4 Å². The number of carboxylic acid groups (broad SMARTS) is 1. The standard InChI is InChI=1S/C14H15ClN2O3/c1-9-3-2-4-17(8-9)14(20)16-12-6-10(13(18)19)5-11(15)7-12/h3,5-7H,2,4,8H2,1H3,(H,16,20)(H,18,19). The fourth-order valence-corrected chi connectivity index (χ4v) is 2.31. The predicted molar refractivity (Wildman–Crippen MR) is 77.4 cm³/mol. The van der Waals surface area contributed by atoms with Crippen LogP contribution in [0.2, 0.25) is 5.02 Å². The van der Waals surface area contributed by atoms with E-state index < -0.39 is 5.97 Å². The molecular formula is C14H15ClN2O3. The van der Waals surface area contributed by atoms with Gasteiger partial charge < -0.3 is 15.3 Å². The van der Waals surface area contributed by atoms with E-state index in [9.17, 15) is 9.59 Å². The van der Waals surface area contributed by atoms with Crippen molar-refractivity contribution in [3.8, 4) is 0 Å². The third-order valence-corrected chi connectivity index (χ3v) is 3.23. The second-order valence-corrected chi connectivity index (χ2v) is 5.16. The molecule has 2 rings (SSSR count). The lowest BCUT2D eigenvalue weighted by Crippen LogP contribution is -2.38. The molecule has 0 saturated heterocycles. The second kappa shape index (κ2) is 5.96. The third kappa shape index (κ3) is 3.51. The number of benzene rings is 1. The fourth-order valence-electron chi connectivity index (χ4n) is 2.07. The highest BCUT2D eigenvalue weighted by atomic mass is 35.5. The molecule has 106 valence electrons. The molecule has 1 aliphatic rings. The molecule has 1 aromatic rings. The first kappa shape index (κ1) is 14.4. The van der Waals surface area contributed by atoms with Crippen LogP contribution in [-0.2, 0) is 0 Å². The summed E-state index contributed by atoms with van der Waals surface area (Å²) in [4.78, 5) is 24.7. The van der Waals surface area contributed by atoms with Gasteiger partial charge in [-0.1, -0.05) is 23.3 Å². The van der Waals surface area contributed by atoms with E-state index in [0.717, 1.165) is 12.0 Å². The van der Waals surface area contributed by atoms with E-state index in [-0.39, 0.29) is 16.6 Å². The van der Waals surface area contributed by atoms with Crippen LogP contribution in [0, 0.1) is 0 Å². The lowest BCUT2D eigenvalue weighted by molar-refractivity contribution is 0.0697. The first-order valence-electron chi connectivity index (χ1n) is 6.21. The molecule has 0 aromatic heterocycles. The summed E-state index contributed by atoms with van der Waals surface area (Å²) in [5.74, 6) is -1.08. The molecule has 0 fully saturated rings. The minimum Gasteiger partial charge on any atom is -0.478 e. The van der Waals surface area contributed by atoms with Gasteiger partial charge in [-0.2, -0.15) is 0 Å². The van der Waals surface area contributed by atoms with Gasteiger partial charge in [-0.15, -0.1) is 0 Å². The fraction of sp³-hybridized carbons (Fsp3) is 0.286. The summed E-state index contributed by atoms with van der Waals surface area (Å²) in [7, 11) is 0. The maximum atomic E-state index is 12.1. The van der Waals surface area contributed by atoms with Gasteiger partial charge in [0.2, 0.25) is 0 Å². The maximum absolute atomic E-state index is 12.1. The van der Waals surface area contributed by atoms with E-state index in [4.69, 9.17) is 16.7 Å². The number of nitrogens with zero attached hydrogens (tertiary/aromatic N) is 1. The van der Waals surface area contributed by atoms with E-state index in [1.807, 2.05) is 6.92 Å². The van der Waals surface area contributed by atoms with Crippen LogP contribution in [-0.4, -0.2) is 35.1 Å². The van der Waals surface area contributed by atoms with Gasteiger partial charge in [0.05, 0.1) is 5.56 Å². The van der Waals surface area contributed by atoms with Crippen LogP contribution in [0.3, 0.4) is 0 Å². The van der Waals surface area contributed by atoms with Crippen LogP contribution < -0.4 is 5.32 Å². The number of urea groups is 1. The first-order valence-corrected chi connectivity index (χ1v) is 6.59. The number of nitrogens with one attached hydrogen (secondary N) is 1. The average Bonchev–Trinajstić information content (AvgIpc) is 2.37. The maximum Gasteiger partial charge on any atom is 0.335 e. The Bertz CT molecular complexity index is 584. The zero-order valence-electron chi connectivity index (χ0n) is 11.0. The van der Waals surface area contributed by atoms with Gasteiger partial charge in [0.15, 0.2) is 0 Å². The summed E-state index contributed by atoms with van der Waals surface area (Å²) >= 11 is 5.85. The van der Waals surface area contributed by atoms with Crippen LogP contribution in [0.1, 0.15) is 23.7 Å². The molecule has 2 N–H and O–H groups in total. The van der Waals surface area contributed by atoms with Crippen LogP contribution >= 0.6 is 11.6 Å². The van der Waals surface area contributed by atoms with Crippen molar-refractivity contribution in [3.05, 3.63) is 40.4 Å². The Balaban J connectivity index is 2.11. The van der Waals surface area contributed by atoms with E-state index >= 15 is 0 Å². The summed E-state index contributed by atoms with van der Waals surface area (Å²) in [6.45, 7) is 3.20. The highest BCUT2D eigenvalue weighted by Gasteiger charge is 2.17. The monoisotopic (exact) mass is 294 g/mol. The van der Waals surface area contributed by atoms with E-state index in [0.29, 0.717) is 18.8 Å². The molecule has 2 amide bonds. The molecular weight excluding hydrogens is 280 g/mol. The Morgan fingerprint density at radius 3 is 2.75 bits per heavy atom. The second-order valence-electron chi connectivity index (χ2n) is 4.72. The SMILES string of the molecule is CC1=CCCN(C(=O)Nc2cc(Cl)cc(C(=O)O)c2)C1. The molecule has 0 unspecified atom stereocenters. The van der Waals surface area contributed by atoms with Crippen molar-refractivity contribution >= 4 is 29.3 Å². The number of aromatic carboxylic acids is 1.